The van der Waals surface area contributed by atoms with E-state index in [1.807, 2.05) is 0 Å². The number of nitrogens with zero attached hydrogens (tertiary/aromatic N) is 1. The van der Waals surface area contributed by atoms with Crippen molar-refractivity contribution in [1.82, 2.24) is 10.2 Å². The second-order valence-corrected chi connectivity index (χ2v) is 4.41. The van der Waals surface area contributed by atoms with E-state index < -0.39 is 34.7 Å². The number of hydrogen-bond acceptors (Lipinski definition) is 3. The fraction of sp³-hybridized carbons (Fsp3) is 0.417. The first-order valence-corrected chi connectivity index (χ1v) is 5.78. The molecule has 0 aromatic heterocycles. The molecule has 4 nitrogen and oxygen atoms in total. The topological polar surface area (TPSA) is 52.6 Å². The zero-order valence-corrected chi connectivity index (χ0v) is 10.2. The number of amides is 1. The Morgan fingerprint density at radius 3 is 2.68 bits per heavy atom. The molecule has 1 aromatic rings. The molecule has 2 N–H and O–H groups in total. The highest BCUT2D eigenvalue weighted by molar-refractivity contribution is 5.95. The highest BCUT2D eigenvalue weighted by Crippen LogP contribution is 2.27. The molecule has 1 amide bonds. The normalized spacial score (nSPS) is 18.9. The maximum absolute atomic E-state index is 13.6. The van der Waals surface area contributed by atoms with Crippen LogP contribution in [0.1, 0.15) is 16.8 Å². The summed E-state index contributed by atoms with van der Waals surface area (Å²) in [6.07, 6.45) is 0.694. The minimum Gasteiger partial charge on any atom is -0.503 e. The lowest BCUT2D eigenvalue weighted by atomic mass is 10.1. The van der Waals surface area contributed by atoms with Crippen molar-refractivity contribution >= 4 is 5.91 Å². The van der Waals surface area contributed by atoms with Gasteiger partial charge in [-0.1, -0.05) is 0 Å². The van der Waals surface area contributed by atoms with Gasteiger partial charge in [0, 0.05) is 19.1 Å². The van der Waals surface area contributed by atoms with Crippen molar-refractivity contribution in [1.29, 1.82) is 0 Å². The lowest BCUT2D eigenvalue weighted by molar-refractivity contribution is 0.0783. The minimum atomic E-state index is -1.69. The first-order valence-electron chi connectivity index (χ1n) is 5.78. The largest absolute Gasteiger partial charge is 0.503 e. The molecule has 1 atom stereocenters. The fourth-order valence-electron chi connectivity index (χ4n) is 2.10. The first-order chi connectivity index (χ1) is 8.95. The van der Waals surface area contributed by atoms with E-state index in [0.29, 0.717) is 25.6 Å². The summed E-state index contributed by atoms with van der Waals surface area (Å²) in [7, 11) is 1.74. The average Bonchev–Trinajstić information content (AvgIpc) is 2.88. The lowest BCUT2D eigenvalue weighted by Crippen LogP contribution is -2.34. The summed E-state index contributed by atoms with van der Waals surface area (Å²) in [4.78, 5) is 13.3. The molecule has 0 spiro atoms. The van der Waals surface area contributed by atoms with E-state index in [-0.39, 0.29) is 6.04 Å². The van der Waals surface area contributed by atoms with Gasteiger partial charge >= 0.3 is 0 Å². The zero-order chi connectivity index (χ0) is 14.2. The molecule has 19 heavy (non-hydrogen) atoms. The number of carbonyl (C=O) groups is 1. The van der Waals surface area contributed by atoms with Crippen molar-refractivity contribution < 1.29 is 23.1 Å². The molecule has 1 aliphatic rings. The molecule has 1 aliphatic heterocycles. The van der Waals surface area contributed by atoms with E-state index in [4.69, 9.17) is 5.11 Å². The second kappa shape index (κ2) is 5.08. The Morgan fingerprint density at radius 1 is 1.42 bits per heavy atom. The van der Waals surface area contributed by atoms with E-state index in [9.17, 15) is 18.0 Å². The van der Waals surface area contributed by atoms with Crippen molar-refractivity contribution in [2.24, 2.45) is 0 Å². The number of hydrogen-bond donors (Lipinski definition) is 2. The number of likely N-dealkylation sites (N-methyl/N-ethyl adjacent to an activating group) is 1. The summed E-state index contributed by atoms with van der Waals surface area (Å²) in [6, 6.07) is 0.560. The Kier molecular flexibility index (Phi) is 3.66. The van der Waals surface area contributed by atoms with Gasteiger partial charge in [0.1, 0.15) is 0 Å². The Hall–Kier alpha value is -1.76. The van der Waals surface area contributed by atoms with Crippen molar-refractivity contribution in [2.45, 2.75) is 12.5 Å². The van der Waals surface area contributed by atoms with Crippen LogP contribution < -0.4 is 5.32 Å². The van der Waals surface area contributed by atoms with Gasteiger partial charge in [-0.2, -0.15) is 4.39 Å². The summed E-state index contributed by atoms with van der Waals surface area (Å²) in [5.74, 6) is -6.80. The molecule has 1 aromatic carbocycles. The number of likely N-dealkylation sites (tertiary alicyclic amines) is 1. The van der Waals surface area contributed by atoms with Crippen LogP contribution in [0.5, 0.6) is 5.75 Å². The predicted molar refractivity (Wildman–Crippen MR) is 61.3 cm³/mol. The Labute approximate surface area is 107 Å². The maximum Gasteiger partial charge on any atom is 0.257 e. The SMILES string of the molecule is CNC1CCN(C(=O)c2cc(F)c(F)c(O)c2F)C1. The molecule has 1 heterocycles. The van der Waals surface area contributed by atoms with Crippen molar-refractivity contribution in [3.8, 4) is 5.75 Å². The molecule has 2 rings (SSSR count). The van der Waals surface area contributed by atoms with Crippen LogP contribution in [0.3, 0.4) is 0 Å². The van der Waals surface area contributed by atoms with Crippen molar-refractivity contribution in [2.75, 3.05) is 20.1 Å². The maximum atomic E-state index is 13.6. The zero-order valence-electron chi connectivity index (χ0n) is 10.2. The Balaban J connectivity index is 2.30. The Bertz CT molecular complexity index is 522. The van der Waals surface area contributed by atoms with Crippen LogP contribution in [-0.2, 0) is 0 Å². The molecule has 7 heteroatoms. The minimum absolute atomic E-state index is 0.0888. The smallest absolute Gasteiger partial charge is 0.257 e. The third-order valence-electron chi connectivity index (χ3n) is 3.25. The van der Waals surface area contributed by atoms with Crippen molar-refractivity contribution in [3.05, 3.63) is 29.1 Å². The molecule has 0 aliphatic carbocycles. The van der Waals surface area contributed by atoms with Gasteiger partial charge in [0.25, 0.3) is 5.91 Å². The molecular formula is C12H13F3N2O2. The van der Waals surface area contributed by atoms with Gasteiger partial charge in [-0.05, 0) is 19.5 Å². The van der Waals surface area contributed by atoms with Crippen LogP contribution in [0.15, 0.2) is 6.07 Å². The predicted octanol–water partition coefficient (Wildman–Crippen LogP) is 1.24. The molecule has 1 saturated heterocycles. The number of benzene rings is 1. The van der Waals surface area contributed by atoms with Gasteiger partial charge < -0.3 is 15.3 Å². The Morgan fingerprint density at radius 2 is 2.11 bits per heavy atom. The van der Waals surface area contributed by atoms with Gasteiger partial charge in [0.15, 0.2) is 17.4 Å². The monoisotopic (exact) mass is 274 g/mol. The van der Waals surface area contributed by atoms with Crippen LogP contribution in [0.4, 0.5) is 13.2 Å². The number of phenolic OH excluding ortho intramolecular Hbond substituents is 1. The molecule has 0 radical (unpaired) electrons. The summed E-state index contributed by atoms with van der Waals surface area (Å²) < 4.78 is 39.7. The fourth-order valence-corrected chi connectivity index (χ4v) is 2.10. The van der Waals surface area contributed by atoms with E-state index >= 15 is 0 Å². The van der Waals surface area contributed by atoms with Crippen LogP contribution in [-0.4, -0.2) is 42.1 Å². The van der Waals surface area contributed by atoms with Gasteiger partial charge in [-0.15, -0.1) is 0 Å². The summed E-state index contributed by atoms with van der Waals surface area (Å²) in [5, 5.41) is 12.1. The second-order valence-electron chi connectivity index (χ2n) is 4.41. The molecule has 104 valence electrons. The van der Waals surface area contributed by atoms with Crippen LogP contribution in [0.25, 0.3) is 0 Å². The highest BCUT2D eigenvalue weighted by Gasteiger charge is 2.30. The van der Waals surface area contributed by atoms with Gasteiger partial charge in [0.05, 0.1) is 5.56 Å². The standard InChI is InChI=1S/C12H13F3N2O2/c1-16-6-2-3-17(5-6)12(19)7-4-8(13)10(15)11(18)9(7)14/h4,6,16,18H,2-3,5H2,1H3. The molecule has 1 unspecified atom stereocenters. The van der Waals surface area contributed by atoms with Crippen LogP contribution in [0.2, 0.25) is 0 Å². The average molecular weight is 274 g/mol. The number of phenols is 1. The third kappa shape index (κ3) is 2.37. The van der Waals surface area contributed by atoms with E-state index in [2.05, 4.69) is 5.32 Å². The summed E-state index contributed by atoms with van der Waals surface area (Å²) in [6.45, 7) is 0.748. The van der Waals surface area contributed by atoms with Gasteiger partial charge in [0.2, 0.25) is 5.82 Å². The summed E-state index contributed by atoms with van der Waals surface area (Å²) >= 11 is 0. The first kappa shape index (κ1) is 13.7. The number of rotatable bonds is 2. The van der Waals surface area contributed by atoms with E-state index in [0.717, 1.165) is 0 Å². The van der Waals surface area contributed by atoms with Crippen molar-refractivity contribution in [3.63, 3.8) is 0 Å². The number of halogens is 3. The number of aromatic hydroxyl groups is 1. The van der Waals surface area contributed by atoms with E-state index in [1.54, 1.807) is 7.05 Å². The van der Waals surface area contributed by atoms with E-state index in [1.165, 1.54) is 4.90 Å². The molecule has 1 fully saturated rings. The summed E-state index contributed by atoms with van der Waals surface area (Å²) in [5.41, 5.74) is -0.659. The lowest BCUT2D eigenvalue weighted by Gasteiger charge is -2.17. The number of carbonyl (C=O) groups excluding carboxylic acids is 1. The van der Waals surface area contributed by atoms with Gasteiger partial charge in [-0.3, -0.25) is 4.79 Å². The molecule has 0 bridgehead atoms. The molecular weight excluding hydrogens is 261 g/mol. The number of nitrogens with one attached hydrogen (secondary N) is 1. The highest BCUT2D eigenvalue weighted by atomic mass is 19.2. The molecule has 0 saturated carbocycles. The quantitative estimate of drug-likeness (QED) is 0.798. The van der Waals surface area contributed by atoms with Crippen LogP contribution >= 0.6 is 0 Å². The van der Waals surface area contributed by atoms with Gasteiger partial charge in [-0.25, -0.2) is 8.78 Å². The van der Waals surface area contributed by atoms with Crippen LogP contribution in [0, 0.1) is 17.5 Å². The third-order valence-corrected chi connectivity index (χ3v) is 3.25.